The maximum Gasteiger partial charge on any atom is 0.208 e. The minimum Gasteiger partial charge on any atom is -0.494 e. The molecular formula is C12H16O6. The minimum atomic E-state index is -0.740. The quantitative estimate of drug-likeness (QED) is 0.677. The molecule has 0 radical (unpaired) electrons. The Morgan fingerprint density at radius 2 is 1.39 bits per heavy atom. The topological polar surface area (TPSA) is 63.2 Å². The van der Waals surface area contributed by atoms with E-state index in [1.54, 1.807) is 5.94 Å². The standard InChI is InChI=1S/C12H16O6/c1-14-8-7(6-13)9(15-2)11(17-4)12(18-5)10(8)16-3/h8H,1-5H3. The van der Waals surface area contributed by atoms with E-state index in [1.165, 1.54) is 35.5 Å². The summed E-state index contributed by atoms with van der Waals surface area (Å²) < 4.78 is 26.0. The lowest BCUT2D eigenvalue weighted by Crippen LogP contribution is -2.28. The molecule has 1 aliphatic carbocycles. The highest BCUT2D eigenvalue weighted by Gasteiger charge is 2.38. The molecule has 0 bridgehead atoms. The lowest BCUT2D eigenvalue weighted by Gasteiger charge is -2.28. The highest BCUT2D eigenvalue weighted by Crippen LogP contribution is 2.36. The molecule has 0 aromatic heterocycles. The Bertz CT molecular complexity index is 428. The summed E-state index contributed by atoms with van der Waals surface area (Å²) in [7, 11) is 7.22. The molecule has 0 N–H and O–H groups in total. The van der Waals surface area contributed by atoms with Crippen molar-refractivity contribution in [3.05, 3.63) is 28.6 Å². The largest absolute Gasteiger partial charge is 0.494 e. The molecule has 0 aromatic rings. The Hall–Kier alpha value is -1.91. The van der Waals surface area contributed by atoms with Gasteiger partial charge in [0.15, 0.2) is 17.6 Å². The molecule has 0 heterocycles. The van der Waals surface area contributed by atoms with Gasteiger partial charge in [-0.05, 0) is 0 Å². The fraction of sp³-hybridized carbons (Fsp3) is 0.500. The van der Waals surface area contributed by atoms with E-state index in [4.69, 9.17) is 23.7 Å². The molecule has 1 unspecified atom stereocenters. The van der Waals surface area contributed by atoms with Gasteiger partial charge in [-0.1, -0.05) is 0 Å². The smallest absolute Gasteiger partial charge is 0.208 e. The van der Waals surface area contributed by atoms with Crippen LogP contribution in [0.4, 0.5) is 0 Å². The van der Waals surface area contributed by atoms with E-state index in [0.29, 0.717) is 11.5 Å². The van der Waals surface area contributed by atoms with Crippen LogP contribution in [0.1, 0.15) is 0 Å². The van der Waals surface area contributed by atoms with Crippen LogP contribution in [0.15, 0.2) is 28.6 Å². The third-order valence-corrected chi connectivity index (χ3v) is 2.56. The fourth-order valence-electron chi connectivity index (χ4n) is 1.81. The molecule has 0 fully saturated rings. The summed E-state index contributed by atoms with van der Waals surface area (Å²) in [6, 6.07) is 0. The van der Waals surface area contributed by atoms with Crippen molar-refractivity contribution in [1.82, 2.24) is 0 Å². The van der Waals surface area contributed by atoms with Crippen molar-refractivity contribution in [2.24, 2.45) is 0 Å². The highest BCUT2D eigenvalue weighted by molar-refractivity contribution is 5.66. The van der Waals surface area contributed by atoms with Crippen LogP contribution in [0.3, 0.4) is 0 Å². The Morgan fingerprint density at radius 1 is 0.833 bits per heavy atom. The van der Waals surface area contributed by atoms with Gasteiger partial charge in [-0.15, -0.1) is 0 Å². The summed E-state index contributed by atoms with van der Waals surface area (Å²) in [5.41, 5.74) is 0.162. The van der Waals surface area contributed by atoms with Gasteiger partial charge >= 0.3 is 0 Å². The Labute approximate surface area is 105 Å². The van der Waals surface area contributed by atoms with Crippen molar-refractivity contribution >= 4 is 5.94 Å². The second kappa shape index (κ2) is 6.14. The molecule has 18 heavy (non-hydrogen) atoms. The third kappa shape index (κ3) is 2.08. The molecule has 100 valence electrons. The lowest BCUT2D eigenvalue weighted by atomic mass is 9.99. The second-order valence-corrected chi connectivity index (χ2v) is 3.30. The van der Waals surface area contributed by atoms with E-state index in [-0.39, 0.29) is 17.1 Å². The molecule has 6 heteroatoms. The van der Waals surface area contributed by atoms with Crippen LogP contribution in [0.25, 0.3) is 0 Å². The van der Waals surface area contributed by atoms with Gasteiger partial charge in [0.1, 0.15) is 11.5 Å². The molecule has 0 spiro atoms. The third-order valence-electron chi connectivity index (χ3n) is 2.56. The zero-order chi connectivity index (χ0) is 13.7. The zero-order valence-corrected chi connectivity index (χ0v) is 11.0. The SMILES string of the molecule is COC1=C(OC)C(OC)=C(OC)C(OC)C1=C=O. The molecule has 6 nitrogen and oxygen atoms in total. The summed E-state index contributed by atoms with van der Waals surface area (Å²) in [5, 5.41) is 0. The van der Waals surface area contributed by atoms with Gasteiger partial charge in [-0.2, -0.15) is 0 Å². The average Bonchev–Trinajstić information content (AvgIpc) is 2.43. The first-order valence-electron chi connectivity index (χ1n) is 5.12. The van der Waals surface area contributed by atoms with Crippen LogP contribution in [0, 0.1) is 0 Å². The van der Waals surface area contributed by atoms with E-state index >= 15 is 0 Å². The molecular weight excluding hydrogens is 240 g/mol. The Kier molecular flexibility index (Phi) is 4.83. The van der Waals surface area contributed by atoms with Crippen LogP contribution in [-0.4, -0.2) is 47.6 Å². The molecule has 1 rings (SSSR count). The number of ether oxygens (including phenoxy) is 5. The van der Waals surface area contributed by atoms with Gasteiger partial charge in [-0.3, -0.25) is 0 Å². The minimum absolute atomic E-state index is 0.162. The van der Waals surface area contributed by atoms with Gasteiger partial charge < -0.3 is 23.7 Å². The van der Waals surface area contributed by atoms with Gasteiger partial charge in [0.05, 0.1) is 28.4 Å². The first-order valence-corrected chi connectivity index (χ1v) is 5.12. The molecule has 1 aliphatic rings. The van der Waals surface area contributed by atoms with Crippen LogP contribution < -0.4 is 0 Å². The predicted octanol–water partition coefficient (Wildman–Crippen LogP) is 0.782. The van der Waals surface area contributed by atoms with Gasteiger partial charge in [-0.25, -0.2) is 4.79 Å². The van der Waals surface area contributed by atoms with Crippen molar-refractivity contribution in [3.8, 4) is 0 Å². The molecule has 1 atom stereocenters. The maximum absolute atomic E-state index is 11.1. The van der Waals surface area contributed by atoms with E-state index in [1.807, 2.05) is 0 Å². The average molecular weight is 256 g/mol. The number of methoxy groups -OCH3 is 5. The maximum atomic E-state index is 11.1. The van der Waals surface area contributed by atoms with E-state index in [9.17, 15) is 4.79 Å². The molecule has 0 saturated heterocycles. The summed E-state index contributed by atoms with van der Waals surface area (Å²) in [6.45, 7) is 0. The molecule has 0 saturated carbocycles. The Morgan fingerprint density at radius 3 is 1.72 bits per heavy atom. The molecule has 0 amide bonds. The first-order chi connectivity index (χ1) is 8.69. The first kappa shape index (κ1) is 14.2. The summed E-state index contributed by atoms with van der Waals surface area (Å²) >= 11 is 0. The second-order valence-electron chi connectivity index (χ2n) is 3.30. The van der Waals surface area contributed by atoms with Crippen molar-refractivity contribution in [2.45, 2.75) is 6.10 Å². The fourth-order valence-corrected chi connectivity index (χ4v) is 1.81. The Balaban J connectivity index is 3.55. The summed E-state index contributed by atoms with van der Waals surface area (Å²) in [5.74, 6) is 2.93. The molecule has 0 aromatic carbocycles. The van der Waals surface area contributed by atoms with Crippen molar-refractivity contribution in [2.75, 3.05) is 35.5 Å². The van der Waals surface area contributed by atoms with Crippen LogP contribution >= 0.6 is 0 Å². The number of rotatable bonds is 5. The van der Waals surface area contributed by atoms with Gasteiger partial charge in [0.25, 0.3) is 0 Å². The lowest BCUT2D eigenvalue weighted by molar-refractivity contribution is 0.0693. The summed E-state index contributed by atoms with van der Waals surface area (Å²) in [4.78, 5) is 11.1. The number of hydrogen-bond acceptors (Lipinski definition) is 6. The zero-order valence-electron chi connectivity index (χ0n) is 11.0. The van der Waals surface area contributed by atoms with Crippen molar-refractivity contribution in [3.63, 3.8) is 0 Å². The van der Waals surface area contributed by atoms with Crippen molar-refractivity contribution < 1.29 is 28.5 Å². The van der Waals surface area contributed by atoms with Gasteiger partial charge in [0, 0.05) is 7.11 Å². The highest BCUT2D eigenvalue weighted by atomic mass is 16.6. The summed E-state index contributed by atoms with van der Waals surface area (Å²) in [6.07, 6.45) is -0.740. The monoisotopic (exact) mass is 256 g/mol. The van der Waals surface area contributed by atoms with E-state index in [2.05, 4.69) is 0 Å². The number of hydrogen-bond donors (Lipinski definition) is 0. The van der Waals surface area contributed by atoms with E-state index < -0.39 is 6.10 Å². The van der Waals surface area contributed by atoms with Crippen LogP contribution in [-0.2, 0) is 28.5 Å². The van der Waals surface area contributed by atoms with Crippen LogP contribution in [0.5, 0.6) is 0 Å². The van der Waals surface area contributed by atoms with Crippen molar-refractivity contribution in [1.29, 1.82) is 0 Å². The number of carbonyl (C=O) groups excluding carboxylic acids is 1. The van der Waals surface area contributed by atoms with Crippen LogP contribution in [0.2, 0.25) is 0 Å². The van der Waals surface area contributed by atoms with E-state index in [0.717, 1.165) is 0 Å². The van der Waals surface area contributed by atoms with Gasteiger partial charge in [0.2, 0.25) is 11.5 Å². The predicted molar refractivity (Wildman–Crippen MR) is 62.1 cm³/mol. The molecule has 0 aliphatic heterocycles. The normalized spacial score (nSPS) is 19.6.